The third-order valence-corrected chi connectivity index (χ3v) is 4.39. The minimum absolute atomic E-state index is 0.0622. The number of likely N-dealkylation sites (N-methyl/N-ethyl adjacent to an activating group) is 1. The van der Waals surface area contributed by atoms with Gasteiger partial charge in [-0.15, -0.1) is 0 Å². The molecule has 1 amide bonds. The first-order chi connectivity index (χ1) is 12.2. The summed E-state index contributed by atoms with van der Waals surface area (Å²) >= 11 is 1.20. The van der Waals surface area contributed by atoms with Gasteiger partial charge in [0, 0.05) is 20.1 Å². The summed E-state index contributed by atoms with van der Waals surface area (Å²) in [5.74, 6) is 0.826. The summed E-state index contributed by atoms with van der Waals surface area (Å²) in [5, 5.41) is 0. The van der Waals surface area contributed by atoms with Crippen LogP contribution in [-0.2, 0) is 17.8 Å². The van der Waals surface area contributed by atoms with E-state index in [4.69, 9.17) is 10.5 Å². The van der Waals surface area contributed by atoms with Crippen molar-refractivity contribution in [2.24, 2.45) is 5.73 Å². The fourth-order valence-corrected chi connectivity index (χ4v) is 3.00. The summed E-state index contributed by atoms with van der Waals surface area (Å²) in [5.41, 5.74) is 9.17. The maximum atomic E-state index is 12.4. The second kappa shape index (κ2) is 8.04. The number of carbonyl (C=O) groups excluding carboxylic acids is 1. The molecule has 1 heterocycles. The number of aromatic nitrogens is 2. The first-order valence-electron chi connectivity index (χ1n) is 8.02. The summed E-state index contributed by atoms with van der Waals surface area (Å²) < 4.78 is 13.9. The Labute approximate surface area is 150 Å². The van der Waals surface area contributed by atoms with Crippen LogP contribution < -0.4 is 10.5 Å². The van der Waals surface area contributed by atoms with Crippen LogP contribution in [0.1, 0.15) is 11.1 Å². The molecule has 0 aliphatic rings. The Kier molecular flexibility index (Phi) is 5.57. The molecule has 0 radical (unpaired) electrons. The van der Waals surface area contributed by atoms with Crippen LogP contribution in [0.25, 0.3) is 11.0 Å². The zero-order chi connectivity index (χ0) is 17.6. The number of benzene rings is 2. The van der Waals surface area contributed by atoms with E-state index in [2.05, 4.69) is 8.75 Å². The van der Waals surface area contributed by atoms with Crippen LogP contribution >= 0.6 is 11.7 Å². The number of nitrogens with zero attached hydrogens (tertiary/aromatic N) is 3. The van der Waals surface area contributed by atoms with Gasteiger partial charge in [-0.25, -0.2) is 0 Å². The molecule has 0 spiro atoms. The third-order valence-electron chi connectivity index (χ3n) is 3.83. The molecule has 0 fully saturated rings. The van der Waals surface area contributed by atoms with Crippen molar-refractivity contribution in [2.75, 3.05) is 20.2 Å². The predicted octanol–water partition coefficient (Wildman–Crippen LogP) is 2.23. The van der Waals surface area contributed by atoms with Crippen molar-refractivity contribution in [1.82, 2.24) is 13.6 Å². The average molecular weight is 356 g/mol. The first kappa shape index (κ1) is 17.3. The van der Waals surface area contributed by atoms with Gasteiger partial charge in [0.2, 0.25) is 5.91 Å². The number of carbonyl (C=O) groups is 1. The second-order valence-corrected chi connectivity index (χ2v) is 6.32. The van der Waals surface area contributed by atoms with E-state index in [-0.39, 0.29) is 5.91 Å². The number of ether oxygens (including phenoxy) is 1. The fourth-order valence-electron chi connectivity index (χ4n) is 2.48. The molecule has 0 unspecified atom stereocenters. The van der Waals surface area contributed by atoms with Gasteiger partial charge < -0.3 is 15.4 Å². The van der Waals surface area contributed by atoms with E-state index >= 15 is 0 Å². The van der Waals surface area contributed by atoms with Gasteiger partial charge in [0.05, 0.1) is 18.1 Å². The monoisotopic (exact) mass is 356 g/mol. The summed E-state index contributed by atoms with van der Waals surface area (Å²) in [7, 11) is 1.81. The van der Waals surface area contributed by atoms with Crippen molar-refractivity contribution in [1.29, 1.82) is 0 Å². The quantitative estimate of drug-likeness (QED) is 0.702. The second-order valence-electron chi connectivity index (χ2n) is 5.79. The summed E-state index contributed by atoms with van der Waals surface area (Å²) in [6, 6.07) is 13.4. The highest BCUT2D eigenvalue weighted by Crippen LogP contribution is 2.16. The van der Waals surface area contributed by atoms with Crippen LogP contribution in [0.4, 0.5) is 0 Å². The number of hydrogen-bond acceptors (Lipinski definition) is 6. The largest absolute Gasteiger partial charge is 0.492 e. The van der Waals surface area contributed by atoms with Crippen molar-refractivity contribution in [3.8, 4) is 5.75 Å². The van der Waals surface area contributed by atoms with E-state index in [0.29, 0.717) is 26.1 Å². The number of hydrogen-bond donors (Lipinski definition) is 1. The lowest BCUT2D eigenvalue weighted by molar-refractivity contribution is -0.129. The molecule has 0 saturated heterocycles. The Hall–Kier alpha value is -2.51. The Morgan fingerprint density at radius 2 is 1.84 bits per heavy atom. The van der Waals surface area contributed by atoms with E-state index < -0.39 is 0 Å². The Bertz CT molecular complexity index is 848. The molecule has 6 nitrogen and oxygen atoms in total. The van der Waals surface area contributed by atoms with Crippen molar-refractivity contribution in [3.63, 3.8) is 0 Å². The van der Waals surface area contributed by atoms with Gasteiger partial charge in [0.25, 0.3) is 0 Å². The van der Waals surface area contributed by atoms with Crippen LogP contribution in [-0.4, -0.2) is 39.8 Å². The Balaban J connectivity index is 1.58. The van der Waals surface area contributed by atoms with Crippen LogP contribution in [0.15, 0.2) is 42.5 Å². The third kappa shape index (κ3) is 4.52. The van der Waals surface area contributed by atoms with Gasteiger partial charge in [-0.3, -0.25) is 4.79 Å². The Morgan fingerprint density at radius 3 is 2.60 bits per heavy atom. The van der Waals surface area contributed by atoms with Gasteiger partial charge in [0.1, 0.15) is 23.4 Å². The van der Waals surface area contributed by atoms with Crippen LogP contribution in [0, 0.1) is 0 Å². The molecule has 2 aromatic carbocycles. The molecule has 0 bridgehead atoms. The van der Waals surface area contributed by atoms with Crippen LogP contribution in [0.3, 0.4) is 0 Å². The number of rotatable bonds is 7. The molecular weight excluding hydrogens is 336 g/mol. The molecule has 0 aliphatic carbocycles. The molecule has 3 rings (SSSR count). The molecule has 0 atom stereocenters. The number of amides is 1. The lowest BCUT2D eigenvalue weighted by Gasteiger charge is -2.17. The first-order valence-corrected chi connectivity index (χ1v) is 8.75. The van der Waals surface area contributed by atoms with Crippen LogP contribution in [0.5, 0.6) is 5.75 Å². The van der Waals surface area contributed by atoms with Crippen molar-refractivity contribution >= 4 is 28.7 Å². The van der Waals surface area contributed by atoms with Crippen LogP contribution in [0.2, 0.25) is 0 Å². The van der Waals surface area contributed by atoms with E-state index in [1.165, 1.54) is 11.7 Å². The average Bonchev–Trinajstić information content (AvgIpc) is 3.09. The fraction of sp³-hybridized carbons (Fsp3) is 0.278. The predicted molar refractivity (Wildman–Crippen MR) is 98.6 cm³/mol. The van der Waals surface area contributed by atoms with E-state index in [1.54, 1.807) is 4.90 Å². The van der Waals surface area contributed by atoms with E-state index in [1.807, 2.05) is 49.5 Å². The molecule has 3 aromatic rings. The summed E-state index contributed by atoms with van der Waals surface area (Å²) in [6.07, 6.45) is 0.355. The smallest absolute Gasteiger partial charge is 0.227 e. The number of fused-ring (bicyclic) bond motifs is 1. The lowest BCUT2D eigenvalue weighted by Crippen LogP contribution is -2.27. The molecule has 0 aliphatic heterocycles. The zero-order valence-corrected chi connectivity index (χ0v) is 14.8. The van der Waals surface area contributed by atoms with Crippen molar-refractivity contribution in [3.05, 3.63) is 53.6 Å². The number of nitrogens with two attached hydrogens (primary N) is 1. The topological polar surface area (TPSA) is 81.3 Å². The lowest BCUT2D eigenvalue weighted by atomic mass is 10.1. The molecule has 1 aromatic heterocycles. The molecule has 25 heavy (non-hydrogen) atoms. The van der Waals surface area contributed by atoms with Gasteiger partial charge in [-0.05, 0) is 35.4 Å². The molecule has 7 heteroatoms. The molecule has 0 saturated carbocycles. The van der Waals surface area contributed by atoms with Gasteiger partial charge in [0.15, 0.2) is 0 Å². The zero-order valence-electron chi connectivity index (χ0n) is 14.0. The SMILES string of the molecule is CN(Cc1ccc2nsnc2c1)C(=O)Cc1ccc(OCCN)cc1. The highest BCUT2D eigenvalue weighted by Gasteiger charge is 2.11. The molecular formula is C18H20N4O2S. The molecule has 2 N–H and O–H groups in total. The minimum atomic E-state index is 0.0622. The van der Waals surface area contributed by atoms with Crippen molar-refractivity contribution in [2.45, 2.75) is 13.0 Å². The van der Waals surface area contributed by atoms with Gasteiger partial charge in [-0.1, -0.05) is 18.2 Å². The Morgan fingerprint density at radius 1 is 1.12 bits per heavy atom. The summed E-state index contributed by atoms with van der Waals surface area (Å²) in [4.78, 5) is 14.2. The van der Waals surface area contributed by atoms with Gasteiger partial charge in [-0.2, -0.15) is 8.75 Å². The maximum absolute atomic E-state index is 12.4. The highest BCUT2D eigenvalue weighted by molar-refractivity contribution is 7.00. The standard InChI is InChI=1S/C18H20N4O2S/c1-22(12-14-4-7-16-17(10-14)21-25-20-16)18(23)11-13-2-5-15(6-3-13)24-9-8-19/h2-7,10H,8-9,11-12,19H2,1H3. The van der Waals surface area contributed by atoms with Gasteiger partial charge >= 0.3 is 0 Å². The van der Waals surface area contributed by atoms with E-state index in [0.717, 1.165) is 27.9 Å². The minimum Gasteiger partial charge on any atom is -0.492 e. The normalized spacial score (nSPS) is 10.8. The molecule has 130 valence electrons. The maximum Gasteiger partial charge on any atom is 0.227 e. The highest BCUT2D eigenvalue weighted by atomic mass is 32.1. The summed E-state index contributed by atoms with van der Waals surface area (Å²) in [6.45, 7) is 1.51. The van der Waals surface area contributed by atoms with Crippen molar-refractivity contribution < 1.29 is 9.53 Å². The van der Waals surface area contributed by atoms with E-state index in [9.17, 15) is 4.79 Å².